The summed E-state index contributed by atoms with van der Waals surface area (Å²) < 4.78 is 24.2. The van der Waals surface area contributed by atoms with E-state index in [4.69, 9.17) is 30.5 Å². The summed E-state index contributed by atoms with van der Waals surface area (Å²) in [4.78, 5) is 2.22. The Balaban J connectivity index is 1.21. The number of halogens is 1. The lowest BCUT2D eigenvalue weighted by Crippen LogP contribution is -2.26. The second kappa shape index (κ2) is 18.6. The third-order valence-electron chi connectivity index (χ3n) is 8.44. The Bertz CT molecular complexity index is 1710. The summed E-state index contributed by atoms with van der Waals surface area (Å²) >= 11 is 6.70. The molecule has 0 bridgehead atoms. The number of hydrogen-bond acceptors (Lipinski definition) is 9. The van der Waals surface area contributed by atoms with Crippen molar-refractivity contribution in [2.45, 2.75) is 39.2 Å². The molecule has 1 aliphatic rings. The van der Waals surface area contributed by atoms with Crippen molar-refractivity contribution in [3.63, 3.8) is 0 Å². The smallest absolute Gasteiger partial charge is 0.142 e. The number of hydrogen-bond donors (Lipinski definition) is 3. The van der Waals surface area contributed by atoms with Crippen molar-refractivity contribution >= 4 is 11.6 Å². The average molecular weight is 686 g/mol. The molecule has 4 aromatic carbocycles. The zero-order valence-electron chi connectivity index (χ0n) is 27.9. The molecule has 0 aromatic heterocycles. The van der Waals surface area contributed by atoms with Crippen LogP contribution in [0, 0.1) is 18.3 Å². The van der Waals surface area contributed by atoms with Crippen LogP contribution in [0.5, 0.6) is 17.2 Å². The molecule has 49 heavy (non-hydrogen) atoms. The summed E-state index contributed by atoms with van der Waals surface area (Å²) in [6.07, 6.45) is 0.622. The van der Waals surface area contributed by atoms with Gasteiger partial charge in [0.15, 0.2) is 0 Å². The largest absolute Gasteiger partial charge is 0.491 e. The number of ether oxygens (including phenoxy) is 4. The number of likely N-dealkylation sites (tertiary alicyclic amines) is 1. The summed E-state index contributed by atoms with van der Waals surface area (Å²) in [7, 11) is 0. The molecule has 0 saturated carbocycles. The topological polar surface area (TPSA) is 116 Å². The first-order chi connectivity index (χ1) is 23.9. The molecule has 1 fully saturated rings. The van der Waals surface area contributed by atoms with Crippen molar-refractivity contribution < 1.29 is 29.2 Å². The molecule has 0 spiro atoms. The van der Waals surface area contributed by atoms with Gasteiger partial charge >= 0.3 is 0 Å². The molecule has 9 nitrogen and oxygen atoms in total. The maximum absolute atomic E-state index is 9.66. The van der Waals surface area contributed by atoms with Gasteiger partial charge in [0.1, 0.15) is 37.1 Å². The van der Waals surface area contributed by atoms with Gasteiger partial charge in [0.05, 0.1) is 42.6 Å². The van der Waals surface area contributed by atoms with E-state index >= 15 is 0 Å². The quantitative estimate of drug-likeness (QED) is 0.110. The van der Waals surface area contributed by atoms with Crippen LogP contribution in [0.2, 0.25) is 5.02 Å². The Morgan fingerprint density at radius 2 is 1.76 bits per heavy atom. The van der Waals surface area contributed by atoms with Gasteiger partial charge in [-0.25, -0.2) is 0 Å². The van der Waals surface area contributed by atoms with E-state index in [-0.39, 0.29) is 19.3 Å². The van der Waals surface area contributed by atoms with Gasteiger partial charge in [0.25, 0.3) is 0 Å². The van der Waals surface area contributed by atoms with E-state index in [0.717, 1.165) is 65.2 Å². The Morgan fingerprint density at radius 3 is 2.57 bits per heavy atom. The fourth-order valence-corrected chi connectivity index (χ4v) is 5.98. The number of aliphatic hydroxyl groups excluding tert-OH is 2. The predicted molar refractivity (Wildman–Crippen MR) is 190 cm³/mol. The number of rotatable bonds is 18. The lowest BCUT2D eigenvalue weighted by atomic mass is 9.96. The van der Waals surface area contributed by atoms with E-state index in [2.05, 4.69) is 35.3 Å². The van der Waals surface area contributed by atoms with E-state index < -0.39 is 0 Å². The van der Waals surface area contributed by atoms with Gasteiger partial charge in [-0.1, -0.05) is 54.1 Å². The summed E-state index contributed by atoms with van der Waals surface area (Å²) in [6.45, 7) is 7.59. The Hall–Kier alpha value is -4.14. The highest BCUT2D eigenvalue weighted by molar-refractivity contribution is 6.32. The normalized spacial score (nSPS) is 14.5. The van der Waals surface area contributed by atoms with E-state index in [1.807, 2.05) is 48.5 Å². The van der Waals surface area contributed by atoms with Crippen molar-refractivity contribution in [2.75, 3.05) is 52.6 Å². The maximum Gasteiger partial charge on any atom is 0.142 e. The third kappa shape index (κ3) is 10.7. The minimum atomic E-state index is -0.213. The second-order valence-corrected chi connectivity index (χ2v) is 12.4. The van der Waals surface area contributed by atoms with Gasteiger partial charge in [-0.2, -0.15) is 5.26 Å². The highest BCUT2D eigenvalue weighted by Gasteiger charge is 2.19. The number of β-amino-alcohol motifs (C(OH)–C–C–N with tert-alkyl or cyclic N) is 1. The number of aliphatic hydroxyl groups is 2. The van der Waals surface area contributed by atoms with Crippen LogP contribution in [0.4, 0.5) is 0 Å². The van der Waals surface area contributed by atoms with Gasteiger partial charge in [-0.05, 0) is 71.5 Å². The predicted octanol–water partition coefficient (Wildman–Crippen LogP) is 5.89. The van der Waals surface area contributed by atoms with Crippen LogP contribution in [-0.4, -0.2) is 73.8 Å². The molecular formula is C39H44ClN3O6. The van der Waals surface area contributed by atoms with Gasteiger partial charge in [-0.3, -0.25) is 4.90 Å². The Morgan fingerprint density at radius 1 is 0.918 bits per heavy atom. The molecule has 0 radical (unpaired) electrons. The fraction of sp³-hybridized carbons (Fsp3) is 0.359. The molecule has 1 heterocycles. The second-order valence-electron chi connectivity index (χ2n) is 12.0. The molecule has 10 heteroatoms. The van der Waals surface area contributed by atoms with Crippen molar-refractivity contribution in [1.29, 1.82) is 5.26 Å². The summed E-state index contributed by atoms with van der Waals surface area (Å²) in [5, 5.41) is 31.8. The average Bonchev–Trinajstić information content (AvgIpc) is 3.54. The highest BCUT2D eigenvalue weighted by Crippen LogP contribution is 2.35. The summed E-state index contributed by atoms with van der Waals surface area (Å²) in [5.74, 6) is 1.87. The molecule has 5 rings (SSSR count). The first kappa shape index (κ1) is 36.1. The first-order valence-electron chi connectivity index (χ1n) is 16.6. The van der Waals surface area contributed by atoms with Crippen molar-refractivity contribution in [3.05, 3.63) is 112 Å². The summed E-state index contributed by atoms with van der Waals surface area (Å²) in [6, 6.07) is 27.3. The van der Waals surface area contributed by atoms with Crippen LogP contribution in [0.3, 0.4) is 0 Å². The number of nitriles is 1. The molecule has 4 aromatic rings. The van der Waals surface area contributed by atoms with Crippen LogP contribution >= 0.6 is 11.6 Å². The van der Waals surface area contributed by atoms with Crippen LogP contribution in [0.25, 0.3) is 11.1 Å². The van der Waals surface area contributed by atoms with Gasteiger partial charge < -0.3 is 34.5 Å². The maximum atomic E-state index is 9.66. The van der Waals surface area contributed by atoms with E-state index in [0.29, 0.717) is 61.6 Å². The molecule has 0 amide bonds. The van der Waals surface area contributed by atoms with Gasteiger partial charge in [-0.15, -0.1) is 0 Å². The zero-order valence-corrected chi connectivity index (χ0v) is 28.6. The lowest BCUT2D eigenvalue weighted by molar-refractivity contribution is 0.0810. The van der Waals surface area contributed by atoms with E-state index in [1.54, 1.807) is 18.2 Å². The first-order valence-corrected chi connectivity index (χ1v) is 17.0. The van der Waals surface area contributed by atoms with Crippen LogP contribution in [0.1, 0.15) is 34.2 Å². The third-order valence-corrected chi connectivity index (χ3v) is 8.73. The molecular weight excluding hydrogens is 642 g/mol. The molecule has 258 valence electrons. The standard InChI is InChI=1S/C39H44ClN3O6/c1-28-32(8-4-10-36(28)31-7-3-9-35(20-31)47-18-17-46-16-14-43-13-11-34(45)25-43)27-49-39-22-38(33(21-37(39)40)24-42-12-15-44)48-26-30-6-2-5-29(19-30)23-41/h2-10,19-22,34,42,44-45H,11-18,24-27H2,1H3/t34-/m1/s1. The van der Waals surface area contributed by atoms with E-state index in [9.17, 15) is 15.5 Å². The van der Waals surface area contributed by atoms with Crippen molar-refractivity contribution in [3.8, 4) is 34.4 Å². The highest BCUT2D eigenvalue weighted by atomic mass is 35.5. The van der Waals surface area contributed by atoms with Crippen molar-refractivity contribution in [1.82, 2.24) is 10.2 Å². The van der Waals surface area contributed by atoms with Gasteiger partial charge in [0, 0.05) is 44.4 Å². The SMILES string of the molecule is Cc1c(COc2cc(OCc3cccc(C#N)c3)c(CNCCO)cc2Cl)cccc1-c1cccc(OCCOCCN2CC[C@@H](O)C2)c1. The van der Waals surface area contributed by atoms with Crippen LogP contribution < -0.4 is 19.5 Å². The molecule has 0 unspecified atom stereocenters. The molecule has 3 N–H and O–H groups in total. The number of nitrogens with one attached hydrogen (secondary N) is 1. The van der Waals surface area contributed by atoms with Gasteiger partial charge in [0.2, 0.25) is 0 Å². The van der Waals surface area contributed by atoms with Crippen molar-refractivity contribution in [2.24, 2.45) is 0 Å². The molecule has 1 aliphatic heterocycles. The Labute approximate surface area is 293 Å². The Kier molecular flexibility index (Phi) is 13.7. The lowest BCUT2D eigenvalue weighted by Gasteiger charge is -2.17. The van der Waals surface area contributed by atoms with Crippen LogP contribution in [-0.2, 0) is 24.5 Å². The minimum Gasteiger partial charge on any atom is -0.491 e. The minimum absolute atomic E-state index is 0.0172. The number of nitrogens with zero attached hydrogens (tertiary/aromatic N) is 2. The number of benzene rings is 4. The van der Waals surface area contributed by atoms with E-state index in [1.165, 1.54) is 0 Å². The molecule has 0 aliphatic carbocycles. The van der Waals surface area contributed by atoms with Crippen LogP contribution in [0.15, 0.2) is 78.9 Å². The monoisotopic (exact) mass is 685 g/mol. The fourth-order valence-electron chi connectivity index (χ4n) is 5.74. The molecule has 1 saturated heterocycles. The molecule has 1 atom stereocenters. The summed E-state index contributed by atoms with van der Waals surface area (Å²) in [5.41, 5.74) is 6.50. The zero-order chi connectivity index (χ0) is 34.4.